The standard InChI is InChI=1S/C21H17N3O3/c1-26-14-7-4-12(5-8-14)16-15-9-6-13-3-2-10-22-18(13)19(15)27-21-17(16)20(25)23-11-24-21/h2-11,16-17,21H,1H3,(H,23,24,25). The quantitative estimate of drug-likeness (QED) is 0.764. The van der Waals surface area contributed by atoms with E-state index >= 15 is 0 Å². The van der Waals surface area contributed by atoms with Crippen LogP contribution in [0, 0.1) is 5.92 Å². The molecule has 0 radical (unpaired) electrons. The fraction of sp³-hybridized carbons (Fsp3) is 0.190. The first-order valence-electron chi connectivity index (χ1n) is 8.76. The van der Waals surface area contributed by atoms with Gasteiger partial charge in [-0.25, -0.2) is 4.99 Å². The van der Waals surface area contributed by atoms with Gasteiger partial charge in [0.15, 0.2) is 5.75 Å². The van der Waals surface area contributed by atoms with Gasteiger partial charge in [0.2, 0.25) is 12.1 Å². The Labute approximate surface area is 155 Å². The van der Waals surface area contributed by atoms with Gasteiger partial charge in [-0.1, -0.05) is 30.3 Å². The summed E-state index contributed by atoms with van der Waals surface area (Å²) in [7, 11) is 1.63. The normalized spacial score (nSPS) is 23.1. The minimum atomic E-state index is -0.578. The Bertz CT molecular complexity index is 1060. The minimum absolute atomic E-state index is 0.0948. The molecule has 6 nitrogen and oxygen atoms in total. The second kappa shape index (κ2) is 6.09. The molecule has 27 heavy (non-hydrogen) atoms. The summed E-state index contributed by atoms with van der Waals surface area (Å²) in [6.45, 7) is 0. The number of carbonyl (C=O) groups excluding carboxylic acids is 1. The lowest BCUT2D eigenvalue weighted by atomic mass is 9.76. The average molecular weight is 359 g/mol. The molecule has 6 heteroatoms. The molecule has 0 bridgehead atoms. The third-order valence-electron chi connectivity index (χ3n) is 5.20. The predicted molar refractivity (Wildman–Crippen MR) is 101 cm³/mol. The molecule has 3 aromatic rings. The van der Waals surface area contributed by atoms with Crippen molar-refractivity contribution in [3.63, 3.8) is 0 Å². The molecule has 2 aliphatic heterocycles. The Morgan fingerprint density at radius 3 is 2.78 bits per heavy atom. The van der Waals surface area contributed by atoms with Crippen LogP contribution in [0.5, 0.6) is 11.5 Å². The van der Waals surface area contributed by atoms with E-state index in [2.05, 4.69) is 15.3 Å². The van der Waals surface area contributed by atoms with E-state index < -0.39 is 12.1 Å². The van der Waals surface area contributed by atoms with Gasteiger partial charge in [-0.2, -0.15) is 0 Å². The highest BCUT2D eigenvalue weighted by Crippen LogP contribution is 2.47. The van der Waals surface area contributed by atoms with Crippen LogP contribution in [0.25, 0.3) is 10.9 Å². The van der Waals surface area contributed by atoms with Crippen molar-refractivity contribution >= 4 is 23.1 Å². The smallest absolute Gasteiger partial charge is 0.234 e. The first kappa shape index (κ1) is 15.8. The van der Waals surface area contributed by atoms with Gasteiger partial charge in [0, 0.05) is 23.1 Å². The van der Waals surface area contributed by atoms with E-state index in [0.29, 0.717) is 5.75 Å². The van der Waals surface area contributed by atoms with Crippen molar-refractivity contribution in [2.45, 2.75) is 12.1 Å². The Hall–Kier alpha value is -3.41. The highest BCUT2D eigenvalue weighted by atomic mass is 16.5. The summed E-state index contributed by atoms with van der Waals surface area (Å²) in [5, 5.41) is 3.71. The van der Waals surface area contributed by atoms with Crippen LogP contribution in [0.3, 0.4) is 0 Å². The number of fused-ring (bicyclic) bond motifs is 4. The lowest BCUT2D eigenvalue weighted by molar-refractivity contribution is -0.128. The summed E-state index contributed by atoms with van der Waals surface area (Å²) in [5.41, 5.74) is 2.74. The van der Waals surface area contributed by atoms with Crippen LogP contribution >= 0.6 is 0 Å². The van der Waals surface area contributed by atoms with E-state index in [-0.39, 0.29) is 11.8 Å². The molecule has 134 valence electrons. The fourth-order valence-corrected chi connectivity index (χ4v) is 3.93. The fourth-order valence-electron chi connectivity index (χ4n) is 3.93. The zero-order valence-corrected chi connectivity index (χ0v) is 14.6. The highest BCUT2D eigenvalue weighted by molar-refractivity contribution is 5.94. The van der Waals surface area contributed by atoms with Crippen molar-refractivity contribution in [2.24, 2.45) is 10.9 Å². The van der Waals surface area contributed by atoms with Crippen LogP contribution in [0.1, 0.15) is 17.0 Å². The van der Waals surface area contributed by atoms with Gasteiger partial charge >= 0.3 is 0 Å². The van der Waals surface area contributed by atoms with Crippen molar-refractivity contribution in [2.75, 3.05) is 7.11 Å². The van der Waals surface area contributed by atoms with Crippen molar-refractivity contribution in [1.82, 2.24) is 10.3 Å². The molecule has 1 N–H and O–H groups in total. The van der Waals surface area contributed by atoms with Gasteiger partial charge in [0.1, 0.15) is 17.2 Å². The number of hydrogen-bond donors (Lipinski definition) is 1. The first-order chi connectivity index (χ1) is 13.3. The van der Waals surface area contributed by atoms with E-state index in [4.69, 9.17) is 9.47 Å². The van der Waals surface area contributed by atoms with Crippen molar-refractivity contribution in [1.29, 1.82) is 0 Å². The number of benzene rings is 2. The van der Waals surface area contributed by atoms with Crippen LogP contribution in [-0.4, -0.2) is 30.6 Å². The van der Waals surface area contributed by atoms with Crippen molar-refractivity contribution < 1.29 is 14.3 Å². The third-order valence-corrected chi connectivity index (χ3v) is 5.20. The molecule has 0 saturated heterocycles. The lowest BCUT2D eigenvalue weighted by Crippen LogP contribution is -2.48. The van der Waals surface area contributed by atoms with Crippen LogP contribution in [0.2, 0.25) is 0 Å². The summed E-state index contributed by atoms with van der Waals surface area (Å²) in [6, 6.07) is 15.7. The highest BCUT2D eigenvalue weighted by Gasteiger charge is 2.45. The summed E-state index contributed by atoms with van der Waals surface area (Å²) in [4.78, 5) is 21.6. The van der Waals surface area contributed by atoms with E-state index in [1.165, 1.54) is 6.34 Å². The number of aromatic nitrogens is 1. The molecule has 2 aliphatic rings. The molecular weight excluding hydrogens is 342 g/mol. The van der Waals surface area contributed by atoms with Crippen LogP contribution in [-0.2, 0) is 4.79 Å². The molecule has 0 saturated carbocycles. The van der Waals surface area contributed by atoms with Crippen LogP contribution in [0.15, 0.2) is 59.7 Å². The molecular formula is C21H17N3O3. The number of hydrogen-bond acceptors (Lipinski definition) is 5. The van der Waals surface area contributed by atoms with Gasteiger partial charge in [-0.15, -0.1) is 0 Å². The second-order valence-corrected chi connectivity index (χ2v) is 6.63. The number of nitrogens with one attached hydrogen (secondary N) is 1. The average Bonchev–Trinajstić information content (AvgIpc) is 2.72. The molecule has 3 unspecified atom stereocenters. The number of pyridine rings is 1. The summed E-state index contributed by atoms with van der Waals surface area (Å²) < 4.78 is 11.4. The molecule has 3 heterocycles. The minimum Gasteiger partial charge on any atom is -0.497 e. The summed E-state index contributed by atoms with van der Waals surface area (Å²) in [5.74, 6) is 0.740. The van der Waals surface area contributed by atoms with Gasteiger partial charge in [-0.05, 0) is 23.8 Å². The van der Waals surface area contributed by atoms with E-state index in [1.54, 1.807) is 13.3 Å². The zero-order chi connectivity index (χ0) is 18.4. The van der Waals surface area contributed by atoms with Gasteiger partial charge in [-0.3, -0.25) is 9.78 Å². The Kier molecular flexibility index (Phi) is 3.57. The van der Waals surface area contributed by atoms with Crippen molar-refractivity contribution in [3.8, 4) is 11.5 Å². The number of aliphatic imine (C=N–C) groups is 1. The molecule has 5 rings (SSSR count). The van der Waals surface area contributed by atoms with E-state index in [1.807, 2.05) is 48.5 Å². The lowest BCUT2D eigenvalue weighted by Gasteiger charge is -2.38. The Balaban J connectivity index is 1.74. The maximum absolute atomic E-state index is 12.7. The maximum Gasteiger partial charge on any atom is 0.234 e. The van der Waals surface area contributed by atoms with Gasteiger partial charge < -0.3 is 14.8 Å². The van der Waals surface area contributed by atoms with E-state index in [9.17, 15) is 4.79 Å². The van der Waals surface area contributed by atoms with Crippen LogP contribution in [0.4, 0.5) is 0 Å². The monoisotopic (exact) mass is 359 g/mol. The zero-order valence-electron chi connectivity index (χ0n) is 14.6. The number of methoxy groups -OCH3 is 1. The molecule has 2 aromatic carbocycles. The van der Waals surface area contributed by atoms with Crippen LogP contribution < -0.4 is 14.8 Å². The Morgan fingerprint density at radius 1 is 1.11 bits per heavy atom. The number of ether oxygens (including phenoxy) is 2. The van der Waals surface area contributed by atoms with Crippen molar-refractivity contribution in [3.05, 3.63) is 65.9 Å². The topological polar surface area (TPSA) is 72.8 Å². The van der Waals surface area contributed by atoms with Gasteiger partial charge in [0.25, 0.3) is 0 Å². The SMILES string of the molecule is COc1ccc(C2c3ccc4cccnc4c3OC3N=CNC(=O)C32)cc1. The number of amides is 1. The van der Waals surface area contributed by atoms with Gasteiger partial charge in [0.05, 0.1) is 13.4 Å². The number of rotatable bonds is 2. The molecule has 1 amide bonds. The summed E-state index contributed by atoms with van der Waals surface area (Å²) >= 11 is 0. The predicted octanol–water partition coefficient (Wildman–Crippen LogP) is 2.87. The maximum atomic E-state index is 12.7. The molecule has 0 aliphatic carbocycles. The molecule has 0 fully saturated rings. The summed E-state index contributed by atoms with van der Waals surface area (Å²) in [6.07, 6.45) is 2.58. The number of nitrogens with zero attached hydrogens (tertiary/aromatic N) is 2. The first-order valence-corrected chi connectivity index (χ1v) is 8.76. The second-order valence-electron chi connectivity index (χ2n) is 6.63. The molecule has 1 aromatic heterocycles. The molecule has 3 atom stereocenters. The Morgan fingerprint density at radius 2 is 1.96 bits per heavy atom. The largest absolute Gasteiger partial charge is 0.497 e. The number of carbonyl (C=O) groups is 1. The third kappa shape index (κ3) is 2.44. The molecule has 0 spiro atoms. The van der Waals surface area contributed by atoms with E-state index in [0.717, 1.165) is 27.8 Å².